The van der Waals surface area contributed by atoms with Gasteiger partial charge in [0.05, 0.1) is 18.8 Å². The SMILES string of the molecule is COc1ccc(Cl)cc1NC(=O)N[C@@H](C)c1ccncc1. The Morgan fingerprint density at radius 1 is 1.29 bits per heavy atom. The highest BCUT2D eigenvalue weighted by molar-refractivity contribution is 6.31. The Hall–Kier alpha value is -2.27. The average molecular weight is 306 g/mol. The van der Waals surface area contributed by atoms with Crippen LogP contribution in [0.3, 0.4) is 0 Å². The van der Waals surface area contributed by atoms with E-state index in [0.29, 0.717) is 16.5 Å². The fourth-order valence-corrected chi connectivity index (χ4v) is 2.04. The van der Waals surface area contributed by atoms with Gasteiger partial charge >= 0.3 is 6.03 Å². The first-order valence-corrected chi connectivity index (χ1v) is 6.79. The van der Waals surface area contributed by atoms with Gasteiger partial charge in [0.25, 0.3) is 0 Å². The van der Waals surface area contributed by atoms with Crippen LogP contribution in [0.25, 0.3) is 0 Å². The third kappa shape index (κ3) is 4.10. The van der Waals surface area contributed by atoms with Gasteiger partial charge in [0.1, 0.15) is 5.75 Å². The van der Waals surface area contributed by atoms with E-state index in [0.717, 1.165) is 5.56 Å². The summed E-state index contributed by atoms with van der Waals surface area (Å²) in [5, 5.41) is 6.09. The van der Waals surface area contributed by atoms with Gasteiger partial charge < -0.3 is 15.4 Å². The highest BCUT2D eigenvalue weighted by atomic mass is 35.5. The summed E-state index contributed by atoms with van der Waals surface area (Å²) in [7, 11) is 1.53. The van der Waals surface area contributed by atoms with Crippen molar-refractivity contribution in [2.24, 2.45) is 0 Å². The smallest absolute Gasteiger partial charge is 0.319 e. The topological polar surface area (TPSA) is 63.2 Å². The molecular weight excluding hydrogens is 290 g/mol. The lowest BCUT2D eigenvalue weighted by molar-refractivity contribution is 0.249. The van der Waals surface area contributed by atoms with Gasteiger partial charge in [-0.2, -0.15) is 0 Å². The number of pyridine rings is 1. The number of urea groups is 1. The fourth-order valence-electron chi connectivity index (χ4n) is 1.87. The Kier molecular flexibility index (Phi) is 5.00. The number of methoxy groups -OCH3 is 1. The molecule has 6 heteroatoms. The summed E-state index contributed by atoms with van der Waals surface area (Å²) in [6.45, 7) is 1.89. The van der Waals surface area contributed by atoms with E-state index in [4.69, 9.17) is 16.3 Å². The summed E-state index contributed by atoms with van der Waals surface area (Å²) >= 11 is 5.92. The minimum atomic E-state index is -0.333. The van der Waals surface area contributed by atoms with Crippen LogP contribution < -0.4 is 15.4 Å². The molecule has 1 atom stereocenters. The second-order valence-corrected chi connectivity index (χ2v) is 4.88. The second-order valence-electron chi connectivity index (χ2n) is 4.45. The Balaban J connectivity index is 2.04. The molecule has 0 bridgehead atoms. The third-order valence-electron chi connectivity index (χ3n) is 2.96. The molecule has 2 aromatic rings. The van der Waals surface area contributed by atoms with Crippen molar-refractivity contribution in [1.82, 2.24) is 10.3 Å². The van der Waals surface area contributed by atoms with E-state index < -0.39 is 0 Å². The number of nitrogens with one attached hydrogen (secondary N) is 2. The van der Waals surface area contributed by atoms with Crippen molar-refractivity contribution < 1.29 is 9.53 Å². The first-order chi connectivity index (χ1) is 10.1. The zero-order chi connectivity index (χ0) is 15.2. The molecule has 0 aliphatic rings. The van der Waals surface area contributed by atoms with Gasteiger partial charge in [-0.3, -0.25) is 4.98 Å². The number of halogens is 1. The minimum absolute atomic E-state index is 0.141. The normalized spacial score (nSPS) is 11.6. The highest BCUT2D eigenvalue weighted by Crippen LogP contribution is 2.27. The second kappa shape index (κ2) is 6.95. The van der Waals surface area contributed by atoms with Gasteiger partial charge in [-0.1, -0.05) is 11.6 Å². The van der Waals surface area contributed by atoms with Crippen LogP contribution in [0.4, 0.5) is 10.5 Å². The molecule has 0 saturated carbocycles. The number of carbonyl (C=O) groups is 1. The maximum absolute atomic E-state index is 12.0. The lowest BCUT2D eigenvalue weighted by atomic mass is 10.1. The molecule has 0 radical (unpaired) electrons. The van der Waals surface area contributed by atoms with Crippen LogP contribution in [-0.4, -0.2) is 18.1 Å². The lowest BCUT2D eigenvalue weighted by Gasteiger charge is -2.16. The number of amides is 2. The van der Waals surface area contributed by atoms with Crippen LogP contribution >= 0.6 is 11.6 Å². The van der Waals surface area contributed by atoms with Crippen LogP contribution in [0.1, 0.15) is 18.5 Å². The number of aromatic nitrogens is 1. The van der Waals surface area contributed by atoms with Crippen molar-refractivity contribution in [3.8, 4) is 5.75 Å². The highest BCUT2D eigenvalue weighted by Gasteiger charge is 2.12. The lowest BCUT2D eigenvalue weighted by Crippen LogP contribution is -2.31. The molecule has 0 fully saturated rings. The molecule has 0 aliphatic heterocycles. The van der Waals surface area contributed by atoms with E-state index in [1.54, 1.807) is 30.6 Å². The van der Waals surface area contributed by atoms with Crippen LogP contribution in [0.5, 0.6) is 5.75 Å². The largest absolute Gasteiger partial charge is 0.495 e. The quantitative estimate of drug-likeness (QED) is 0.906. The maximum atomic E-state index is 12.0. The Labute approximate surface area is 128 Å². The number of hydrogen-bond acceptors (Lipinski definition) is 3. The minimum Gasteiger partial charge on any atom is -0.495 e. The third-order valence-corrected chi connectivity index (χ3v) is 3.20. The van der Waals surface area contributed by atoms with Crippen LogP contribution in [-0.2, 0) is 0 Å². The molecule has 0 saturated heterocycles. The summed E-state index contributed by atoms with van der Waals surface area (Å²) in [4.78, 5) is 16.0. The molecule has 110 valence electrons. The number of rotatable bonds is 4. The molecule has 2 rings (SSSR count). The van der Waals surface area contributed by atoms with Crippen molar-refractivity contribution >= 4 is 23.3 Å². The van der Waals surface area contributed by atoms with Crippen molar-refractivity contribution in [3.05, 3.63) is 53.3 Å². The van der Waals surface area contributed by atoms with Crippen LogP contribution in [0, 0.1) is 0 Å². The monoisotopic (exact) mass is 305 g/mol. The van der Waals surface area contributed by atoms with E-state index in [-0.39, 0.29) is 12.1 Å². The van der Waals surface area contributed by atoms with E-state index >= 15 is 0 Å². The van der Waals surface area contributed by atoms with Crippen LogP contribution in [0.15, 0.2) is 42.7 Å². The van der Waals surface area contributed by atoms with Crippen molar-refractivity contribution in [1.29, 1.82) is 0 Å². The number of anilines is 1. The first kappa shape index (κ1) is 15.1. The summed E-state index contributed by atoms with van der Waals surface area (Å²) < 4.78 is 5.18. The standard InChI is InChI=1S/C15H16ClN3O2/c1-10(11-5-7-17-8-6-11)18-15(20)19-13-9-12(16)3-4-14(13)21-2/h3-10H,1-2H3,(H2,18,19,20)/t10-/m0/s1. The number of benzene rings is 1. The van der Waals surface area contributed by atoms with Gasteiger partial charge in [-0.15, -0.1) is 0 Å². The molecule has 0 aliphatic carbocycles. The van der Waals surface area contributed by atoms with Crippen LogP contribution in [0.2, 0.25) is 5.02 Å². The molecule has 5 nitrogen and oxygen atoms in total. The molecule has 0 spiro atoms. The predicted molar refractivity (Wildman–Crippen MR) is 82.8 cm³/mol. The first-order valence-electron chi connectivity index (χ1n) is 6.41. The molecule has 1 heterocycles. The maximum Gasteiger partial charge on any atom is 0.319 e. The van der Waals surface area contributed by atoms with Crippen molar-refractivity contribution in [2.75, 3.05) is 12.4 Å². The molecule has 1 aromatic carbocycles. The molecule has 0 unspecified atom stereocenters. The van der Waals surface area contributed by atoms with E-state index in [1.165, 1.54) is 7.11 Å². The average Bonchev–Trinajstić information content (AvgIpc) is 2.48. The Bertz CT molecular complexity index is 620. The number of nitrogens with zero attached hydrogens (tertiary/aromatic N) is 1. The number of carbonyl (C=O) groups excluding carboxylic acids is 1. The molecule has 1 aromatic heterocycles. The van der Waals surface area contributed by atoms with Gasteiger partial charge in [0.2, 0.25) is 0 Å². The zero-order valence-corrected chi connectivity index (χ0v) is 12.5. The Morgan fingerprint density at radius 3 is 2.67 bits per heavy atom. The van der Waals surface area contributed by atoms with Gasteiger partial charge in [0.15, 0.2) is 0 Å². The predicted octanol–water partition coefficient (Wildman–Crippen LogP) is 3.63. The zero-order valence-electron chi connectivity index (χ0n) is 11.8. The van der Waals surface area contributed by atoms with Gasteiger partial charge in [0, 0.05) is 17.4 Å². The molecule has 2 amide bonds. The fraction of sp³-hybridized carbons (Fsp3) is 0.200. The number of ether oxygens (including phenoxy) is 1. The summed E-state index contributed by atoms with van der Waals surface area (Å²) in [5.41, 5.74) is 1.49. The van der Waals surface area contributed by atoms with Crippen molar-refractivity contribution in [3.63, 3.8) is 0 Å². The summed E-state index contributed by atoms with van der Waals surface area (Å²) in [6.07, 6.45) is 3.37. The molecule has 2 N–H and O–H groups in total. The molecule has 21 heavy (non-hydrogen) atoms. The summed E-state index contributed by atoms with van der Waals surface area (Å²) in [5.74, 6) is 0.547. The van der Waals surface area contributed by atoms with E-state index in [2.05, 4.69) is 15.6 Å². The van der Waals surface area contributed by atoms with E-state index in [1.807, 2.05) is 19.1 Å². The van der Waals surface area contributed by atoms with Crippen molar-refractivity contribution in [2.45, 2.75) is 13.0 Å². The summed E-state index contributed by atoms with van der Waals surface area (Å²) in [6, 6.07) is 8.26. The van der Waals surface area contributed by atoms with Gasteiger partial charge in [-0.25, -0.2) is 4.79 Å². The van der Waals surface area contributed by atoms with Gasteiger partial charge in [-0.05, 0) is 42.8 Å². The van der Waals surface area contributed by atoms with E-state index in [9.17, 15) is 4.79 Å². The molecular formula is C15H16ClN3O2. The Morgan fingerprint density at radius 2 is 2.00 bits per heavy atom. The number of hydrogen-bond donors (Lipinski definition) is 2.